The number of ether oxygens (including phenoxy) is 2. The van der Waals surface area contributed by atoms with Gasteiger partial charge in [0.1, 0.15) is 0 Å². The van der Waals surface area contributed by atoms with Crippen LogP contribution in [0.3, 0.4) is 0 Å². The number of nitrogens with zero attached hydrogens (tertiary/aromatic N) is 1. The van der Waals surface area contributed by atoms with Crippen molar-refractivity contribution in [1.82, 2.24) is 4.98 Å². The molecule has 0 saturated heterocycles. The minimum Gasteiger partial charge on any atom is -0.469 e. The average molecular weight is 296 g/mol. The van der Waals surface area contributed by atoms with Crippen molar-refractivity contribution in [3.05, 3.63) is 32.2 Å². The number of hydrogen-bond donors (Lipinski definition) is 1. The van der Waals surface area contributed by atoms with Crippen molar-refractivity contribution in [1.29, 1.82) is 0 Å². The highest BCUT2D eigenvalue weighted by Crippen LogP contribution is 2.33. The van der Waals surface area contributed by atoms with E-state index in [1.807, 2.05) is 4.98 Å². The van der Waals surface area contributed by atoms with E-state index < -0.39 is 46.2 Å². The van der Waals surface area contributed by atoms with E-state index in [1.54, 1.807) is 0 Å². The molecule has 1 aromatic heterocycles. The molecule has 0 aliphatic rings. The molecule has 1 aromatic rings. The monoisotopic (exact) mass is 296 g/mol. The molecule has 0 aliphatic heterocycles. The summed E-state index contributed by atoms with van der Waals surface area (Å²) >= 11 is 0. The molecule has 0 atom stereocenters. The maximum Gasteiger partial charge on any atom is 0.573 e. The number of hydrogen-bond acceptors (Lipinski definition) is 6. The highest BCUT2D eigenvalue weighted by atomic mass is 19.4. The number of pyridine rings is 1. The lowest BCUT2D eigenvalue weighted by molar-refractivity contribution is -0.389. The van der Waals surface area contributed by atoms with E-state index in [1.165, 1.54) is 0 Å². The number of nitro groups is 1. The maximum absolute atomic E-state index is 12.2. The maximum atomic E-state index is 12.2. The van der Waals surface area contributed by atoms with E-state index in [2.05, 4.69) is 9.47 Å². The average Bonchev–Trinajstić information content (AvgIpc) is 2.31. The fourth-order valence-electron chi connectivity index (χ4n) is 1.29. The predicted molar refractivity (Wildman–Crippen MR) is 56.1 cm³/mol. The van der Waals surface area contributed by atoms with Gasteiger partial charge in [0.25, 0.3) is 5.56 Å². The van der Waals surface area contributed by atoms with Gasteiger partial charge in [-0.3, -0.25) is 19.7 Å². The minimum absolute atomic E-state index is 0.449. The molecule has 0 radical (unpaired) electrons. The first-order valence-electron chi connectivity index (χ1n) is 4.87. The van der Waals surface area contributed by atoms with E-state index in [4.69, 9.17) is 0 Å². The summed E-state index contributed by atoms with van der Waals surface area (Å²) in [4.78, 5) is 33.8. The van der Waals surface area contributed by atoms with Gasteiger partial charge in [-0.25, -0.2) is 0 Å². The number of rotatable bonds is 4. The summed E-state index contributed by atoms with van der Waals surface area (Å²) in [6, 6.07) is 0. The first kappa shape index (κ1) is 15.5. The molecule has 0 amide bonds. The Morgan fingerprint density at radius 2 is 2.10 bits per heavy atom. The van der Waals surface area contributed by atoms with Crippen LogP contribution in [0.2, 0.25) is 0 Å². The predicted octanol–water partition coefficient (Wildman–Crippen LogP) is 0.897. The van der Waals surface area contributed by atoms with Crippen LogP contribution >= 0.6 is 0 Å². The Labute approximate surface area is 108 Å². The van der Waals surface area contributed by atoms with Crippen molar-refractivity contribution in [2.75, 3.05) is 7.11 Å². The van der Waals surface area contributed by atoms with Crippen LogP contribution < -0.4 is 10.3 Å². The molecule has 0 saturated carbocycles. The van der Waals surface area contributed by atoms with Crippen LogP contribution in [0.1, 0.15) is 5.56 Å². The number of H-pyrrole nitrogens is 1. The second-order valence-electron chi connectivity index (χ2n) is 3.37. The first-order valence-corrected chi connectivity index (χ1v) is 4.87. The number of carbonyl (C=O) groups excluding carboxylic acids is 1. The normalized spacial score (nSPS) is 11.0. The van der Waals surface area contributed by atoms with Crippen LogP contribution in [-0.2, 0) is 16.0 Å². The largest absolute Gasteiger partial charge is 0.573 e. The van der Waals surface area contributed by atoms with Gasteiger partial charge < -0.3 is 14.5 Å². The van der Waals surface area contributed by atoms with Gasteiger partial charge in [0.05, 0.1) is 30.2 Å². The third-order valence-electron chi connectivity index (χ3n) is 2.08. The molecule has 1 N–H and O–H groups in total. The highest BCUT2D eigenvalue weighted by Gasteiger charge is 2.37. The zero-order chi connectivity index (χ0) is 15.5. The van der Waals surface area contributed by atoms with Crippen LogP contribution in [0, 0.1) is 10.1 Å². The summed E-state index contributed by atoms with van der Waals surface area (Å²) in [5.74, 6) is -2.39. The third kappa shape index (κ3) is 3.70. The number of aromatic nitrogens is 1. The van der Waals surface area contributed by atoms with Crippen molar-refractivity contribution in [3.8, 4) is 5.75 Å². The fourth-order valence-corrected chi connectivity index (χ4v) is 1.29. The molecule has 110 valence electrons. The Morgan fingerprint density at radius 1 is 1.50 bits per heavy atom. The summed E-state index contributed by atoms with van der Waals surface area (Å²) in [7, 11) is 0.943. The smallest absolute Gasteiger partial charge is 0.469 e. The van der Waals surface area contributed by atoms with Crippen LogP contribution in [0.15, 0.2) is 11.0 Å². The fraction of sp³-hybridized carbons (Fsp3) is 0.333. The number of halogens is 3. The standard InChI is InChI=1S/C9H7F3N2O6/c1-19-6(15)2-4-7(20-9(10,11)12)5(14(17)18)3-13-8(4)16/h3H,2H2,1H3,(H,13,16). The van der Waals surface area contributed by atoms with E-state index in [0.29, 0.717) is 6.20 Å². The molecule has 0 fully saturated rings. The van der Waals surface area contributed by atoms with Gasteiger partial charge in [-0.05, 0) is 0 Å². The van der Waals surface area contributed by atoms with Crippen molar-refractivity contribution < 1.29 is 32.4 Å². The summed E-state index contributed by atoms with van der Waals surface area (Å²) in [6.45, 7) is 0. The molecular weight excluding hydrogens is 289 g/mol. The van der Waals surface area contributed by atoms with Gasteiger partial charge in [-0.15, -0.1) is 13.2 Å². The van der Waals surface area contributed by atoms with Gasteiger partial charge in [0.2, 0.25) is 5.75 Å². The van der Waals surface area contributed by atoms with Crippen LogP contribution in [0.25, 0.3) is 0 Å². The Hall–Kier alpha value is -2.59. The Kier molecular flexibility index (Phi) is 4.32. The molecule has 0 aromatic carbocycles. The molecule has 0 aliphatic carbocycles. The Balaban J connectivity index is 3.45. The van der Waals surface area contributed by atoms with Crippen LogP contribution in [0.4, 0.5) is 18.9 Å². The summed E-state index contributed by atoms with van der Waals surface area (Å²) in [5, 5.41) is 10.6. The zero-order valence-electron chi connectivity index (χ0n) is 9.82. The SMILES string of the molecule is COC(=O)Cc1c(OC(F)(F)F)c([N+](=O)[O-])c[nH]c1=O. The van der Waals surface area contributed by atoms with Crippen LogP contribution in [-0.4, -0.2) is 29.3 Å². The van der Waals surface area contributed by atoms with E-state index in [0.717, 1.165) is 7.11 Å². The number of carbonyl (C=O) groups is 1. The lowest BCUT2D eigenvalue weighted by atomic mass is 10.1. The van der Waals surface area contributed by atoms with Gasteiger partial charge in [-0.1, -0.05) is 0 Å². The first-order chi connectivity index (χ1) is 9.15. The zero-order valence-corrected chi connectivity index (χ0v) is 9.82. The molecular formula is C9H7F3N2O6. The molecule has 1 rings (SSSR count). The van der Waals surface area contributed by atoms with Crippen molar-refractivity contribution in [2.24, 2.45) is 0 Å². The summed E-state index contributed by atoms with van der Waals surface area (Å²) in [6.07, 6.45) is -5.72. The van der Waals surface area contributed by atoms with E-state index in [-0.39, 0.29) is 0 Å². The summed E-state index contributed by atoms with van der Waals surface area (Å²) in [5.41, 5.74) is -3.09. The molecule has 20 heavy (non-hydrogen) atoms. The Bertz CT molecular complexity index is 594. The third-order valence-corrected chi connectivity index (χ3v) is 2.08. The van der Waals surface area contributed by atoms with Crippen molar-refractivity contribution >= 4 is 11.7 Å². The lowest BCUT2D eigenvalue weighted by Crippen LogP contribution is -2.24. The van der Waals surface area contributed by atoms with E-state index in [9.17, 15) is 32.9 Å². The molecule has 0 bridgehead atoms. The van der Waals surface area contributed by atoms with Gasteiger partial charge in [0, 0.05) is 0 Å². The quantitative estimate of drug-likeness (QED) is 0.502. The van der Waals surface area contributed by atoms with Gasteiger partial charge in [0.15, 0.2) is 0 Å². The topological polar surface area (TPSA) is 112 Å². The lowest BCUT2D eigenvalue weighted by Gasteiger charge is -2.12. The van der Waals surface area contributed by atoms with Crippen molar-refractivity contribution in [2.45, 2.75) is 12.8 Å². The number of methoxy groups -OCH3 is 1. The van der Waals surface area contributed by atoms with E-state index >= 15 is 0 Å². The van der Waals surface area contributed by atoms with Crippen LogP contribution in [0.5, 0.6) is 5.75 Å². The number of nitrogens with one attached hydrogen (secondary N) is 1. The Morgan fingerprint density at radius 3 is 2.55 bits per heavy atom. The van der Waals surface area contributed by atoms with Gasteiger partial charge >= 0.3 is 18.0 Å². The molecule has 0 unspecified atom stereocenters. The number of alkyl halides is 3. The highest BCUT2D eigenvalue weighted by molar-refractivity contribution is 5.74. The van der Waals surface area contributed by atoms with Gasteiger partial charge in [-0.2, -0.15) is 0 Å². The molecule has 8 nitrogen and oxygen atoms in total. The summed E-state index contributed by atoms with van der Waals surface area (Å²) < 4.78 is 44.4. The second-order valence-corrected chi connectivity index (χ2v) is 3.37. The van der Waals surface area contributed by atoms with Crippen molar-refractivity contribution in [3.63, 3.8) is 0 Å². The molecule has 1 heterocycles. The minimum atomic E-state index is -5.26. The second kappa shape index (κ2) is 5.59. The molecule has 11 heteroatoms. The molecule has 0 spiro atoms. The number of aromatic amines is 1. The number of esters is 1.